The number of rotatable bonds is 8. The van der Waals surface area contributed by atoms with Gasteiger partial charge in [0.05, 0.1) is 0 Å². The summed E-state index contributed by atoms with van der Waals surface area (Å²) in [6.07, 6.45) is 5.02. The molecular weight excluding hydrogens is 508 g/mol. The van der Waals surface area contributed by atoms with E-state index in [1.165, 1.54) is 14.7 Å². The fraction of sp³-hybridized carbons (Fsp3) is 0.345. The number of halogens is 1. The Morgan fingerprint density at radius 3 is 1.85 bits per heavy atom. The number of carbonyl (C=O) groups excluding carboxylic acids is 1. The van der Waals surface area contributed by atoms with Gasteiger partial charge >= 0.3 is 5.97 Å². The first-order valence-corrected chi connectivity index (χ1v) is 15.4. The number of carbonyl (C=O) groups is 1. The summed E-state index contributed by atoms with van der Waals surface area (Å²) in [5, 5.41) is 0. The van der Waals surface area contributed by atoms with Crippen molar-refractivity contribution in [3.05, 3.63) is 83.9 Å². The zero-order valence-electron chi connectivity index (χ0n) is 20.2. The zero-order chi connectivity index (χ0) is 24.2. The van der Waals surface area contributed by atoms with Gasteiger partial charge in [0.15, 0.2) is 6.61 Å². The van der Waals surface area contributed by atoms with Crippen LogP contribution in [0.3, 0.4) is 0 Å². The van der Waals surface area contributed by atoms with E-state index in [0.717, 1.165) is 49.0 Å². The molecule has 0 N–H and O–H groups in total. The molecule has 1 aliphatic carbocycles. The Balaban J connectivity index is 1.60. The van der Waals surface area contributed by atoms with Crippen molar-refractivity contribution in [1.29, 1.82) is 0 Å². The van der Waals surface area contributed by atoms with Gasteiger partial charge in [0.25, 0.3) is 0 Å². The molecule has 0 bridgehead atoms. The molecule has 5 heteroatoms. The van der Waals surface area contributed by atoms with Crippen molar-refractivity contribution in [3.63, 3.8) is 0 Å². The first-order chi connectivity index (χ1) is 16.4. The number of hydrogen-bond acceptors (Lipinski definition) is 3. The summed E-state index contributed by atoms with van der Waals surface area (Å²) in [6, 6.07) is 25.5. The summed E-state index contributed by atoms with van der Waals surface area (Å²) in [7, 11) is -1.63. The molecule has 3 aromatic rings. The Hall–Kier alpha value is -2.24. The van der Waals surface area contributed by atoms with Gasteiger partial charge in [-0.3, -0.25) is 0 Å². The standard InChI is InChI=1S/C29H33BrO3S/c1-4-29(17-11-12-18-29)33-27(31)21-32-28-22(2)19-26(20-23(28)3)34(30,24-13-7-5-8-14-24)25-15-9-6-10-16-25/h5-10,13-16,19-20H,4,11-12,17-18,21H2,1-3H3. The van der Waals surface area contributed by atoms with E-state index in [0.29, 0.717) is 0 Å². The maximum absolute atomic E-state index is 12.6. The van der Waals surface area contributed by atoms with Crippen LogP contribution in [0, 0.1) is 13.8 Å². The molecule has 4 rings (SSSR count). The predicted molar refractivity (Wildman–Crippen MR) is 143 cm³/mol. The minimum atomic E-state index is -1.63. The van der Waals surface area contributed by atoms with Gasteiger partial charge in [-0.05, 0) is 108 Å². The molecule has 0 amide bonds. The van der Waals surface area contributed by atoms with E-state index in [2.05, 4.69) is 82.4 Å². The van der Waals surface area contributed by atoms with Crippen LogP contribution in [-0.2, 0) is 9.53 Å². The minimum Gasteiger partial charge on any atom is -0.481 e. The van der Waals surface area contributed by atoms with E-state index < -0.39 is 8.46 Å². The summed E-state index contributed by atoms with van der Waals surface area (Å²) in [5.41, 5.74) is 1.73. The SMILES string of the molecule is CCC1(OC(=O)COc2c(C)cc(S(Br)(c3ccccc3)c3ccccc3)cc2C)CCCC1. The van der Waals surface area contributed by atoms with Crippen molar-refractivity contribution in [2.75, 3.05) is 6.61 Å². The molecule has 0 heterocycles. The van der Waals surface area contributed by atoms with Crippen LogP contribution in [0.1, 0.15) is 50.2 Å². The van der Waals surface area contributed by atoms with Crippen LogP contribution in [0.25, 0.3) is 0 Å². The first kappa shape index (κ1) is 24.9. The Morgan fingerprint density at radius 2 is 1.38 bits per heavy atom. The van der Waals surface area contributed by atoms with Gasteiger partial charge in [-0.25, -0.2) is 4.79 Å². The monoisotopic (exact) mass is 540 g/mol. The average Bonchev–Trinajstić information content (AvgIpc) is 3.32. The lowest BCUT2D eigenvalue weighted by Gasteiger charge is -2.35. The molecule has 34 heavy (non-hydrogen) atoms. The fourth-order valence-electron chi connectivity index (χ4n) is 4.87. The van der Waals surface area contributed by atoms with Crippen molar-refractivity contribution < 1.29 is 14.3 Å². The lowest BCUT2D eigenvalue weighted by atomic mass is 9.99. The summed E-state index contributed by atoms with van der Waals surface area (Å²) >= 11 is 4.20. The highest BCUT2D eigenvalue weighted by atomic mass is 79.9. The van der Waals surface area contributed by atoms with Crippen LogP contribution in [0.2, 0.25) is 0 Å². The summed E-state index contributed by atoms with van der Waals surface area (Å²) in [4.78, 5) is 16.3. The Bertz CT molecular complexity index is 1060. The maximum Gasteiger partial charge on any atom is 0.344 e. The number of benzene rings is 3. The van der Waals surface area contributed by atoms with Crippen molar-refractivity contribution in [1.82, 2.24) is 0 Å². The van der Waals surface area contributed by atoms with Gasteiger partial charge in [0, 0.05) is 14.7 Å². The topological polar surface area (TPSA) is 35.5 Å². The second-order valence-corrected chi connectivity index (χ2v) is 14.5. The quantitative estimate of drug-likeness (QED) is 0.268. The summed E-state index contributed by atoms with van der Waals surface area (Å²) in [6.45, 7) is 6.13. The Morgan fingerprint density at radius 1 is 0.882 bits per heavy atom. The highest BCUT2D eigenvalue weighted by molar-refractivity contribution is 9.58. The third-order valence-corrected chi connectivity index (χ3v) is 12.8. The first-order valence-electron chi connectivity index (χ1n) is 12.0. The van der Waals surface area contributed by atoms with Crippen LogP contribution < -0.4 is 4.74 Å². The number of esters is 1. The molecular formula is C29H33BrO3S. The highest BCUT2D eigenvalue weighted by Crippen LogP contribution is 2.74. The van der Waals surface area contributed by atoms with Crippen LogP contribution in [0.5, 0.6) is 5.75 Å². The maximum atomic E-state index is 12.6. The van der Waals surface area contributed by atoms with E-state index >= 15 is 0 Å². The lowest BCUT2D eigenvalue weighted by Crippen LogP contribution is -2.33. The lowest BCUT2D eigenvalue weighted by molar-refractivity contribution is -0.162. The molecule has 1 fully saturated rings. The summed E-state index contributed by atoms with van der Waals surface area (Å²) in [5.74, 6) is 0.480. The van der Waals surface area contributed by atoms with Gasteiger partial charge in [-0.15, -0.1) is 8.46 Å². The Kier molecular flexibility index (Phi) is 7.73. The molecule has 3 nitrogen and oxygen atoms in total. The van der Waals surface area contributed by atoms with E-state index in [9.17, 15) is 4.79 Å². The largest absolute Gasteiger partial charge is 0.481 e. The van der Waals surface area contributed by atoms with Gasteiger partial charge in [0.1, 0.15) is 11.4 Å². The van der Waals surface area contributed by atoms with Crippen LogP contribution in [0.4, 0.5) is 0 Å². The van der Waals surface area contributed by atoms with Gasteiger partial charge in [-0.1, -0.05) is 43.3 Å². The number of aryl methyl sites for hydroxylation is 2. The van der Waals surface area contributed by atoms with Crippen molar-refractivity contribution in [3.8, 4) is 5.75 Å². The second-order valence-electron chi connectivity index (χ2n) is 9.06. The minimum absolute atomic E-state index is 0.0630. The Labute approximate surface area is 212 Å². The van der Waals surface area contributed by atoms with Gasteiger partial charge < -0.3 is 9.47 Å². The zero-order valence-corrected chi connectivity index (χ0v) is 22.6. The molecule has 3 aromatic carbocycles. The molecule has 180 valence electrons. The average molecular weight is 542 g/mol. The van der Waals surface area contributed by atoms with Gasteiger partial charge in [0.2, 0.25) is 0 Å². The van der Waals surface area contributed by atoms with Gasteiger partial charge in [-0.2, -0.15) is 0 Å². The van der Waals surface area contributed by atoms with E-state index in [1.807, 2.05) is 26.0 Å². The van der Waals surface area contributed by atoms with Crippen molar-refractivity contribution in [2.24, 2.45) is 0 Å². The number of ether oxygens (including phenoxy) is 2. The summed E-state index contributed by atoms with van der Waals surface area (Å²) < 4.78 is 11.9. The smallest absolute Gasteiger partial charge is 0.344 e. The molecule has 0 saturated heterocycles. The van der Waals surface area contributed by atoms with Crippen molar-refractivity contribution >= 4 is 29.2 Å². The number of hydrogen-bond donors (Lipinski definition) is 0. The van der Waals surface area contributed by atoms with E-state index in [-0.39, 0.29) is 18.2 Å². The molecule has 0 radical (unpaired) electrons. The third-order valence-electron chi connectivity index (χ3n) is 6.72. The molecule has 0 aliphatic heterocycles. The molecule has 0 spiro atoms. The molecule has 0 unspecified atom stereocenters. The van der Waals surface area contributed by atoms with Crippen LogP contribution in [-0.4, -0.2) is 18.2 Å². The van der Waals surface area contributed by atoms with Crippen molar-refractivity contribution in [2.45, 2.75) is 73.2 Å². The molecule has 0 aromatic heterocycles. The third kappa shape index (κ3) is 5.06. The van der Waals surface area contributed by atoms with E-state index in [4.69, 9.17) is 9.47 Å². The molecule has 0 atom stereocenters. The second kappa shape index (κ2) is 10.6. The molecule has 1 saturated carbocycles. The van der Waals surface area contributed by atoms with Crippen LogP contribution in [0.15, 0.2) is 87.5 Å². The highest BCUT2D eigenvalue weighted by Gasteiger charge is 2.36. The predicted octanol–water partition coefficient (Wildman–Crippen LogP) is 8.54. The molecule has 1 aliphatic rings. The van der Waals surface area contributed by atoms with Crippen LogP contribution >= 0.6 is 23.3 Å². The van der Waals surface area contributed by atoms with E-state index in [1.54, 1.807) is 0 Å². The normalized spacial score (nSPS) is 15.6. The fourth-order valence-corrected chi connectivity index (χ4v) is 9.29.